The smallest absolute Gasteiger partial charge is 0.251 e. The van der Waals surface area contributed by atoms with E-state index in [1.54, 1.807) is 30.3 Å². The highest BCUT2D eigenvalue weighted by atomic mass is 35.5. The number of carbonyl (C=O) groups is 1. The Morgan fingerprint density at radius 3 is 2.68 bits per heavy atom. The summed E-state index contributed by atoms with van der Waals surface area (Å²) in [5.41, 5.74) is 1.56. The summed E-state index contributed by atoms with van der Waals surface area (Å²) in [6, 6.07) is 12.4. The van der Waals surface area contributed by atoms with Crippen LogP contribution < -0.4 is 10.1 Å². The van der Waals surface area contributed by atoms with Gasteiger partial charge in [0.2, 0.25) is 0 Å². The molecule has 1 heterocycles. The van der Waals surface area contributed by atoms with Gasteiger partial charge >= 0.3 is 0 Å². The molecule has 4 nitrogen and oxygen atoms in total. The second-order valence-corrected chi connectivity index (χ2v) is 6.75. The Kier molecular flexibility index (Phi) is 6.19. The van der Waals surface area contributed by atoms with Crippen molar-refractivity contribution in [3.63, 3.8) is 0 Å². The van der Waals surface area contributed by atoms with Crippen LogP contribution in [0, 0.1) is 0 Å². The Hall–Kier alpha value is -1.75. The van der Waals surface area contributed by atoms with Gasteiger partial charge in [-0.05, 0) is 48.7 Å². The molecule has 3 rings (SSSR count). The number of carbonyl (C=O) groups excluding carboxylic acids is 1. The van der Waals surface area contributed by atoms with Crippen molar-refractivity contribution in [2.75, 3.05) is 13.2 Å². The van der Waals surface area contributed by atoms with Gasteiger partial charge in [0.25, 0.3) is 5.91 Å². The highest BCUT2D eigenvalue weighted by molar-refractivity contribution is 6.35. The maximum absolute atomic E-state index is 12.1. The van der Waals surface area contributed by atoms with Gasteiger partial charge in [0, 0.05) is 23.7 Å². The molecule has 2 aromatic carbocycles. The summed E-state index contributed by atoms with van der Waals surface area (Å²) in [6.07, 6.45) is 2.21. The maximum atomic E-state index is 12.1. The molecule has 0 aliphatic carbocycles. The lowest BCUT2D eigenvalue weighted by Crippen LogP contribution is -2.31. The summed E-state index contributed by atoms with van der Waals surface area (Å²) in [6.45, 7) is 1.70. The van der Waals surface area contributed by atoms with E-state index in [0.717, 1.165) is 25.0 Å². The summed E-state index contributed by atoms with van der Waals surface area (Å²) in [5.74, 6) is 0.480. The van der Waals surface area contributed by atoms with E-state index in [4.69, 9.17) is 32.7 Å². The lowest BCUT2D eigenvalue weighted by molar-refractivity contribution is 0.0857. The SMILES string of the molecule is O=C(NC[C@H]1CCCO1)c1ccc(COc2ccc(Cl)cc2Cl)cc1. The average molecular weight is 380 g/mol. The van der Waals surface area contributed by atoms with E-state index in [0.29, 0.717) is 34.5 Å². The molecule has 1 N–H and O–H groups in total. The molecule has 25 heavy (non-hydrogen) atoms. The van der Waals surface area contributed by atoms with Crippen LogP contribution in [0.15, 0.2) is 42.5 Å². The molecule has 0 saturated carbocycles. The van der Waals surface area contributed by atoms with Crippen molar-refractivity contribution in [3.05, 3.63) is 63.6 Å². The van der Waals surface area contributed by atoms with Crippen molar-refractivity contribution in [1.29, 1.82) is 0 Å². The number of rotatable bonds is 6. The monoisotopic (exact) mass is 379 g/mol. The first-order valence-electron chi connectivity index (χ1n) is 8.18. The number of halogens is 2. The summed E-state index contributed by atoms with van der Waals surface area (Å²) in [4.78, 5) is 12.1. The molecular weight excluding hydrogens is 361 g/mol. The zero-order valence-electron chi connectivity index (χ0n) is 13.6. The highest BCUT2D eigenvalue weighted by Gasteiger charge is 2.16. The van der Waals surface area contributed by atoms with Crippen LogP contribution in [-0.4, -0.2) is 25.2 Å². The van der Waals surface area contributed by atoms with E-state index >= 15 is 0 Å². The van der Waals surface area contributed by atoms with Gasteiger partial charge in [-0.1, -0.05) is 35.3 Å². The second kappa shape index (κ2) is 8.56. The van der Waals surface area contributed by atoms with Crippen molar-refractivity contribution < 1.29 is 14.3 Å². The number of hydrogen-bond acceptors (Lipinski definition) is 3. The van der Waals surface area contributed by atoms with Gasteiger partial charge in [0.1, 0.15) is 12.4 Å². The van der Waals surface area contributed by atoms with Gasteiger partial charge in [0.05, 0.1) is 11.1 Å². The lowest BCUT2D eigenvalue weighted by Gasteiger charge is -2.11. The molecule has 0 bridgehead atoms. The fraction of sp³-hybridized carbons (Fsp3) is 0.316. The van der Waals surface area contributed by atoms with Crippen LogP contribution in [0.5, 0.6) is 5.75 Å². The molecule has 6 heteroatoms. The van der Waals surface area contributed by atoms with Crippen LogP contribution in [0.1, 0.15) is 28.8 Å². The van der Waals surface area contributed by atoms with Crippen molar-refractivity contribution in [1.82, 2.24) is 5.32 Å². The van der Waals surface area contributed by atoms with Crippen LogP contribution >= 0.6 is 23.2 Å². The Bertz CT molecular complexity index is 728. The average Bonchev–Trinajstić information content (AvgIpc) is 3.13. The minimum atomic E-state index is -0.0938. The molecule has 1 aliphatic rings. The minimum absolute atomic E-state index is 0.0938. The number of ether oxygens (including phenoxy) is 2. The van der Waals surface area contributed by atoms with Crippen molar-refractivity contribution in [3.8, 4) is 5.75 Å². The molecule has 1 saturated heterocycles. The van der Waals surface area contributed by atoms with Crippen molar-refractivity contribution in [2.24, 2.45) is 0 Å². The third-order valence-corrected chi connectivity index (χ3v) is 4.55. The maximum Gasteiger partial charge on any atom is 0.251 e. The Morgan fingerprint density at radius 2 is 2.00 bits per heavy atom. The van der Waals surface area contributed by atoms with Gasteiger partial charge in [-0.3, -0.25) is 4.79 Å². The normalized spacial score (nSPS) is 16.6. The minimum Gasteiger partial charge on any atom is -0.487 e. The van der Waals surface area contributed by atoms with Gasteiger partial charge in [-0.2, -0.15) is 0 Å². The predicted molar refractivity (Wildman–Crippen MR) is 98.5 cm³/mol. The topological polar surface area (TPSA) is 47.6 Å². The molecule has 132 valence electrons. The van der Waals surface area contributed by atoms with E-state index in [2.05, 4.69) is 5.32 Å². The number of amides is 1. The first-order valence-corrected chi connectivity index (χ1v) is 8.94. The second-order valence-electron chi connectivity index (χ2n) is 5.91. The first kappa shape index (κ1) is 18.1. The first-order chi connectivity index (χ1) is 12.1. The summed E-state index contributed by atoms with van der Waals surface area (Å²) in [5, 5.41) is 3.94. The van der Waals surface area contributed by atoms with Gasteiger partial charge in [-0.25, -0.2) is 0 Å². The van der Waals surface area contributed by atoms with Gasteiger partial charge in [-0.15, -0.1) is 0 Å². The zero-order chi connectivity index (χ0) is 17.6. The van der Waals surface area contributed by atoms with E-state index in [1.807, 2.05) is 12.1 Å². The quantitative estimate of drug-likeness (QED) is 0.804. The molecule has 1 amide bonds. The fourth-order valence-electron chi connectivity index (χ4n) is 2.62. The van der Waals surface area contributed by atoms with Crippen LogP contribution in [0.4, 0.5) is 0 Å². The van der Waals surface area contributed by atoms with Crippen LogP contribution in [-0.2, 0) is 11.3 Å². The van der Waals surface area contributed by atoms with Gasteiger partial charge < -0.3 is 14.8 Å². The third kappa shape index (κ3) is 5.11. The molecule has 2 aromatic rings. The summed E-state index contributed by atoms with van der Waals surface area (Å²) < 4.78 is 11.2. The van der Waals surface area contributed by atoms with E-state index in [-0.39, 0.29) is 12.0 Å². The number of benzene rings is 2. The molecule has 0 spiro atoms. The Balaban J connectivity index is 1.51. The van der Waals surface area contributed by atoms with Crippen LogP contribution in [0.3, 0.4) is 0 Å². The summed E-state index contributed by atoms with van der Waals surface area (Å²) >= 11 is 11.9. The van der Waals surface area contributed by atoms with Crippen LogP contribution in [0.25, 0.3) is 0 Å². The molecule has 1 fully saturated rings. The fourth-order valence-corrected chi connectivity index (χ4v) is 3.08. The standard InChI is InChI=1S/C19H19Cl2NO3/c20-15-7-8-18(17(21)10-15)25-12-13-3-5-14(6-4-13)19(23)22-11-16-2-1-9-24-16/h3-8,10,16H,1-2,9,11-12H2,(H,22,23)/t16-/m1/s1. The summed E-state index contributed by atoms with van der Waals surface area (Å²) in [7, 11) is 0. The lowest BCUT2D eigenvalue weighted by atomic mass is 10.1. The van der Waals surface area contributed by atoms with Crippen molar-refractivity contribution >= 4 is 29.1 Å². The molecule has 0 unspecified atom stereocenters. The largest absolute Gasteiger partial charge is 0.487 e. The third-order valence-electron chi connectivity index (χ3n) is 4.02. The van der Waals surface area contributed by atoms with Crippen molar-refractivity contribution in [2.45, 2.75) is 25.6 Å². The van der Waals surface area contributed by atoms with E-state index in [9.17, 15) is 4.79 Å². The molecular formula is C19H19Cl2NO3. The Labute approximate surface area is 157 Å². The number of hydrogen-bond donors (Lipinski definition) is 1. The Morgan fingerprint density at radius 1 is 1.20 bits per heavy atom. The highest BCUT2D eigenvalue weighted by Crippen LogP contribution is 2.28. The zero-order valence-corrected chi connectivity index (χ0v) is 15.1. The predicted octanol–water partition coefficient (Wildman–Crippen LogP) is 4.48. The molecule has 1 aliphatic heterocycles. The molecule has 1 atom stereocenters. The van der Waals surface area contributed by atoms with Crippen LogP contribution in [0.2, 0.25) is 10.0 Å². The van der Waals surface area contributed by atoms with E-state index < -0.39 is 0 Å². The van der Waals surface area contributed by atoms with E-state index in [1.165, 1.54) is 0 Å². The number of nitrogens with one attached hydrogen (secondary N) is 1. The van der Waals surface area contributed by atoms with Gasteiger partial charge in [0.15, 0.2) is 0 Å². The molecule has 0 aromatic heterocycles. The molecule has 0 radical (unpaired) electrons.